The van der Waals surface area contributed by atoms with Crippen LogP contribution in [0.25, 0.3) is 0 Å². The summed E-state index contributed by atoms with van der Waals surface area (Å²) in [6.45, 7) is 14.5. The van der Waals surface area contributed by atoms with Crippen LogP contribution in [0.3, 0.4) is 0 Å². The quantitative estimate of drug-likeness (QED) is 0.644. The molecule has 2 heterocycles. The molecule has 1 saturated heterocycles. The van der Waals surface area contributed by atoms with Crippen LogP contribution in [0, 0.1) is 5.92 Å². The second-order valence-electron chi connectivity index (χ2n) is 10.0. The predicted molar refractivity (Wildman–Crippen MR) is 132 cm³/mol. The number of carbonyl (C=O) groups excluding carboxylic acids is 2. The number of ketones is 1. The van der Waals surface area contributed by atoms with E-state index in [1.165, 1.54) is 11.1 Å². The van der Waals surface area contributed by atoms with Crippen LogP contribution in [0.2, 0.25) is 0 Å². The maximum atomic E-state index is 13.2. The average Bonchev–Trinajstić information content (AvgIpc) is 2.81. The number of piperidine rings is 1. The van der Waals surface area contributed by atoms with Crippen LogP contribution < -0.4 is 5.32 Å². The maximum Gasteiger partial charge on any atom is 0.317 e. The van der Waals surface area contributed by atoms with Crippen LogP contribution in [0.15, 0.2) is 36.4 Å². The third-order valence-corrected chi connectivity index (χ3v) is 7.76. The summed E-state index contributed by atoms with van der Waals surface area (Å²) in [5, 5.41) is 3.31. The molecule has 1 N–H and O–H groups in total. The fourth-order valence-electron chi connectivity index (χ4n) is 5.90. The molecule has 1 aromatic rings. The van der Waals surface area contributed by atoms with Gasteiger partial charge in [0.05, 0.1) is 0 Å². The minimum absolute atomic E-state index is 0.0290. The number of benzene rings is 1. The molecule has 1 aromatic carbocycles. The lowest BCUT2D eigenvalue weighted by molar-refractivity contribution is -0.119. The summed E-state index contributed by atoms with van der Waals surface area (Å²) in [5.74, 6) is 0.523. The maximum absolute atomic E-state index is 13.2. The van der Waals surface area contributed by atoms with Gasteiger partial charge in [0.25, 0.3) is 0 Å². The summed E-state index contributed by atoms with van der Waals surface area (Å²) in [6.07, 6.45) is 4.40. The first-order valence-corrected chi connectivity index (χ1v) is 12.8. The van der Waals surface area contributed by atoms with E-state index in [-0.39, 0.29) is 17.9 Å². The van der Waals surface area contributed by atoms with Gasteiger partial charge in [0.2, 0.25) is 0 Å². The Morgan fingerprint density at radius 1 is 1.18 bits per heavy atom. The van der Waals surface area contributed by atoms with Crippen molar-refractivity contribution in [3.05, 3.63) is 47.5 Å². The van der Waals surface area contributed by atoms with E-state index in [0.717, 1.165) is 70.5 Å². The van der Waals surface area contributed by atoms with Crippen molar-refractivity contribution in [2.75, 3.05) is 39.3 Å². The number of rotatable bonds is 7. The van der Waals surface area contributed by atoms with Crippen molar-refractivity contribution in [3.8, 4) is 0 Å². The molecule has 4 rings (SSSR count). The molecule has 0 aromatic heterocycles. The topological polar surface area (TPSA) is 55.9 Å². The summed E-state index contributed by atoms with van der Waals surface area (Å²) >= 11 is 0. The predicted octanol–water partition coefficient (Wildman–Crippen LogP) is 3.46. The van der Waals surface area contributed by atoms with Gasteiger partial charge < -0.3 is 10.2 Å². The fraction of sp³-hybridized carbons (Fsp3) is 0.630. The number of urea groups is 1. The molecule has 180 valence electrons. The van der Waals surface area contributed by atoms with E-state index in [4.69, 9.17) is 0 Å². The standard InChI is InChI=1S/C27H40N4O2/c1-4-11-31-19-24(16-23-17-26(32)20(3)15-25(23)31)28-27(33)30(5-2)14-13-29-12-10-21-8-6-7-9-22(21)18-29/h6-9,23-25H,3-5,10-19H2,1-2H3,(H,28,33)/t23-,24+,25-/m1/s1. The van der Waals surface area contributed by atoms with E-state index in [9.17, 15) is 9.59 Å². The van der Waals surface area contributed by atoms with E-state index >= 15 is 0 Å². The molecule has 3 aliphatic rings. The van der Waals surface area contributed by atoms with Crippen molar-refractivity contribution in [1.82, 2.24) is 20.0 Å². The first-order chi connectivity index (χ1) is 16.0. The van der Waals surface area contributed by atoms with E-state index in [0.29, 0.717) is 24.9 Å². The third kappa shape index (κ3) is 5.67. The molecule has 0 unspecified atom stereocenters. The van der Waals surface area contributed by atoms with Gasteiger partial charge in [-0.1, -0.05) is 37.8 Å². The molecule has 2 amide bonds. The lowest BCUT2D eigenvalue weighted by Crippen LogP contribution is -2.59. The zero-order valence-electron chi connectivity index (χ0n) is 20.4. The Morgan fingerprint density at radius 3 is 2.73 bits per heavy atom. The minimum atomic E-state index is 0.0290. The van der Waals surface area contributed by atoms with Crippen molar-refractivity contribution in [2.24, 2.45) is 5.92 Å². The summed E-state index contributed by atoms with van der Waals surface area (Å²) in [4.78, 5) is 32.3. The van der Waals surface area contributed by atoms with Crippen LogP contribution >= 0.6 is 0 Å². The minimum Gasteiger partial charge on any atom is -0.334 e. The van der Waals surface area contributed by atoms with Gasteiger partial charge in [0.1, 0.15) is 0 Å². The molecule has 6 heteroatoms. The van der Waals surface area contributed by atoms with Gasteiger partial charge in [-0.25, -0.2) is 4.79 Å². The van der Waals surface area contributed by atoms with E-state index in [2.05, 4.69) is 59.8 Å². The molecule has 0 spiro atoms. The number of fused-ring (bicyclic) bond motifs is 2. The molecule has 6 nitrogen and oxygen atoms in total. The Hall–Kier alpha value is -2.18. The van der Waals surface area contributed by atoms with E-state index in [1.807, 2.05) is 4.90 Å². The summed E-state index contributed by atoms with van der Waals surface area (Å²) in [5.41, 5.74) is 3.64. The highest BCUT2D eigenvalue weighted by molar-refractivity contribution is 5.95. The average molecular weight is 453 g/mol. The number of nitrogens with one attached hydrogen (secondary N) is 1. The molecule has 0 bridgehead atoms. The Balaban J connectivity index is 1.31. The highest BCUT2D eigenvalue weighted by Crippen LogP contribution is 2.35. The van der Waals surface area contributed by atoms with Crippen molar-refractivity contribution < 1.29 is 9.59 Å². The van der Waals surface area contributed by atoms with Crippen LogP contribution in [-0.2, 0) is 17.8 Å². The number of likely N-dealkylation sites (N-methyl/N-ethyl adjacent to an activating group) is 1. The van der Waals surface area contributed by atoms with Crippen LogP contribution in [0.4, 0.5) is 4.79 Å². The SMILES string of the molecule is C=C1C[C@@H]2[C@@H](CC1=O)C[C@H](NC(=O)N(CC)CCN1CCc3ccccc3C1)CN2CCC. The lowest BCUT2D eigenvalue weighted by Gasteiger charge is -2.47. The van der Waals surface area contributed by atoms with Gasteiger partial charge in [0, 0.05) is 57.8 Å². The molecule has 3 atom stereocenters. The van der Waals surface area contributed by atoms with Crippen molar-refractivity contribution >= 4 is 11.8 Å². The number of Topliss-reactive ketones (excluding diaryl/α,β-unsaturated/α-hetero) is 1. The molecule has 0 radical (unpaired) electrons. The van der Waals surface area contributed by atoms with Crippen molar-refractivity contribution in [1.29, 1.82) is 0 Å². The molecule has 2 fully saturated rings. The van der Waals surface area contributed by atoms with Gasteiger partial charge >= 0.3 is 6.03 Å². The fourth-order valence-corrected chi connectivity index (χ4v) is 5.90. The summed E-state index contributed by atoms with van der Waals surface area (Å²) < 4.78 is 0. The smallest absolute Gasteiger partial charge is 0.317 e. The van der Waals surface area contributed by atoms with Crippen LogP contribution in [0.1, 0.15) is 50.7 Å². The largest absolute Gasteiger partial charge is 0.334 e. The number of nitrogens with zero attached hydrogens (tertiary/aromatic N) is 3. The highest BCUT2D eigenvalue weighted by atomic mass is 16.2. The second-order valence-corrected chi connectivity index (χ2v) is 10.0. The zero-order chi connectivity index (χ0) is 23.4. The van der Waals surface area contributed by atoms with Gasteiger partial charge in [0.15, 0.2) is 5.78 Å². The number of likely N-dealkylation sites (tertiary alicyclic amines) is 1. The second kappa shape index (κ2) is 10.8. The summed E-state index contributed by atoms with van der Waals surface area (Å²) in [7, 11) is 0. The first kappa shape index (κ1) is 24.0. The Morgan fingerprint density at radius 2 is 1.97 bits per heavy atom. The molecule has 1 aliphatic carbocycles. The van der Waals surface area contributed by atoms with Crippen molar-refractivity contribution in [3.63, 3.8) is 0 Å². The summed E-state index contributed by atoms with van der Waals surface area (Å²) in [6, 6.07) is 9.20. The van der Waals surface area contributed by atoms with Gasteiger partial charge in [-0.15, -0.1) is 0 Å². The number of hydrogen-bond acceptors (Lipinski definition) is 4. The lowest BCUT2D eigenvalue weighted by atomic mass is 9.74. The molecular weight excluding hydrogens is 412 g/mol. The van der Waals surface area contributed by atoms with Crippen LogP contribution in [-0.4, -0.2) is 77.9 Å². The number of hydrogen-bond donors (Lipinski definition) is 1. The third-order valence-electron chi connectivity index (χ3n) is 7.76. The van der Waals surface area contributed by atoms with E-state index in [1.54, 1.807) is 0 Å². The van der Waals surface area contributed by atoms with E-state index < -0.39 is 0 Å². The monoisotopic (exact) mass is 452 g/mol. The van der Waals surface area contributed by atoms with Crippen molar-refractivity contribution in [2.45, 2.75) is 64.6 Å². The molecular formula is C27H40N4O2. The Bertz CT molecular complexity index is 869. The number of carbonyl (C=O) groups is 2. The first-order valence-electron chi connectivity index (χ1n) is 12.8. The number of amides is 2. The Labute approximate surface area is 199 Å². The van der Waals surface area contributed by atoms with Gasteiger partial charge in [-0.05, 0) is 61.8 Å². The zero-order valence-corrected chi connectivity index (χ0v) is 20.4. The van der Waals surface area contributed by atoms with Gasteiger partial charge in [-0.3, -0.25) is 14.6 Å². The normalized spacial score (nSPS) is 25.9. The molecule has 33 heavy (non-hydrogen) atoms. The molecule has 2 aliphatic heterocycles. The van der Waals surface area contributed by atoms with Gasteiger partial charge in [-0.2, -0.15) is 0 Å². The molecule has 1 saturated carbocycles. The van der Waals surface area contributed by atoms with Crippen LogP contribution in [0.5, 0.6) is 0 Å². The Kier molecular flexibility index (Phi) is 7.86. The highest BCUT2D eigenvalue weighted by Gasteiger charge is 2.41.